The lowest BCUT2D eigenvalue weighted by atomic mass is 9.87. The Morgan fingerprint density at radius 1 is 0.414 bits per heavy atom. The van der Waals surface area contributed by atoms with Gasteiger partial charge in [0.25, 0.3) is 0 Å². The van der Waals surface area contributed by atoms with Crippen LogP contribution in [0.3, 0.4) is 0 Å². The van der Waals surface area contributed by atoms with Crippen LogP contribution in [0.25, 0.3) is 54.2 Å². The molecule has 0 aliphatic carbocycles. The van der Waals surface area contributed by atoms with Gasteiger partial charge in [0.15, 0.2) is 0 Å². The van der Waals surface area contributed by atoms with Crippen molar-refractivity contribution in [2.24, 2.45) is 0 Å². The maximum absolute atomic E-state index is 5.94. The summed E-state index contributed by atoms with van der Waals surface area (Å²) in [5.41, 5.74) is 9.17. The molecule has 2 N–H and O–H groups in total. The zero-order chi connectivity index (χ0) is 19.4. The van der Waals surface area contributed by atoms with Crippen molar-refractivity contribution in [2.45, 2.75) is 0 Å². The molecule has 0 amide bonds. The minimum absolute atomic E-state index is 0.787. The van der Waals surface area contributed by atoms with Crippen LogP contribution >= 0.6 is 0 Å². The number of anilines is 1. The van der Waals surface area contributed by atoms with Crippen LogP contribution < -0.4 is 5.73 Å². The molecule has 0 radical (unpaired) electrons. The third-order valence-corrected chi connectivity index (χ3v) is 5.97. The van der Waals surface area contributed by atoms with Gasteiger partial charge in [0, 0.05) is 5.69 Å². The predicted molar refractivity (Wildman–Crippen MR) is 126 cm³/mol. The maximum Gasteiger partial charge on any atom is 0.0314 e. The van der Waals surface area contributed by atoms with Crippen LogP contribution in [0.15, 0.2) is 103 Å². The molecule has 0 aromatic heterocycles. The Hall–Kier alpha value is -3.84. The number of rotatable bonds is 1. The average molecular weight is 369 g/mol. The van der Waals surface area contributed by atoms with Gasteiger partial charge >= 0.3 is 0 Å². The molecule has 136 valence electrons. The summed E-state index contributed by atoms with van der Waals surface area (Å²) in [5.74, 6) is 0. The van der Waals surface area contributed by atoms with E-state index < -0.39 is 0 Å². The summed E-state index contributed by atoms with van der Waals surface area (Å²) in [7, 11) is 0. The van der Waals surface area contributed by atoms with Gasteiger partial charge in [-0.3, -0.25) is 0 Å². The summed E-state index contributed by atoms with van der Waals surface area (Å²) in [4.78, 5) is 0. The standard InChI is InChI=1S/C28H19N/c29-19-15-13-18(14-16-19)26-17-27-22-9-2-1-7-20(22)21-8-3-5-11-24(21)28(27)25-12-6-4-10-23(25)26/h1-17H,29H2. The Bertz CT molecular complexity index is 1540. The highest BCUT2D eigenvalue weighted by Gasteiger charge is 2.14. The van der Waals surface area contributed by atoms with Gasteiger partial charge in [-0.1, -0.05) is 84.9 Å². The maximum atomic E-state index is 5.94. The van der Waals surface area contributed by atoms with Gasteiger partial charge in [-0.2, -0.15) is 0 Å². The van der Waals surface area contributed by atoms with Gasteiger partial charge in [-0.05, 0) is 72.4 Å². The predicted octanol–water partition coefficient (Wildman–Crippen LogP) is 7.55. The van der Waals surface area contributed by atoms with Crippen LogP contribution in [0.1, 0.15) is 0 Å². The number of hydrogen-bond donors (Lipinski definition) is 1. The van der Waals surface area contributed by atoms with Crippen LogP contribution in [0, 0.1) is 0 Å². The van der Waals surface area contributed by atoms with Gasteiger partial charge in [-0.15, -0.1) is 0 Å². The molecule has 29 heavy (non-hydrogen) atoms. The van der Waals surface area contributed by atoms with E-state index in [9.17, 15) is 0 Å². The molecule has 0 heterocycles. The summed E-state index contributed by atoms with van der Waals surface area (Å²) in [6.07, 6.45) is 0. The molecule has 0 aliphatic rings. The van der Waals surface area contributed by atoms with Gasteiger partial charge in [0.1, 0.15) is 0 Å². The minimum atomic E-state index is 0.787. The minimum Gasteiger partial charge on any atom is -0.399 e. The Morgan fingerprint density at radius 2 is 0.862 bits per heavy atom. The fourth-order valence-electron chi connectivity index (χ4n) is 4.67. The van der Waals surface area contributed by atoms with Gasteiger partial charge < -0.3 is 5.73 Å². The Balaban J connectivity index is 1.91. The Labute approximate surface area is 169 Å². The van der Waals surface area contributed by atoms with Gasteiger partial charge in [0.05, 0.1) is 0 Å². The monoisotopic (exact) mass is 369 g/mol. The molecule has 0 bridgehead atoms. The second-order valence-corrected chi connectivity index (χ2v) is 7.61. The van der Waals surface area contributed by atoms with Crippen molar-refractivity contribution < 1.29 is 0 Å². The second-order valence-electron chi connectivity index (χ2n) is 7.61. The largest absolute Gasteiger partial charge is 0.399 e. The first-order chi connectivity index (χ1) is 14.3. The van der Waals surface area contributed by atoms with Crippen molar-refractivity contribution in [3.05, 3.63) is 103 Å². The highest BCUT2D eigenvalue weighted by molar-refractivity contribution is 6.32. The first-order valence-electron chi connectivity index (χ1n) is 9.92. The molecule has 0 aliphatic heterocycles. The van der Waals surface area contributed by atoms with Crippen molar-refractivity contribution in [3.63, 3.8) is 0 Å². The van der Waals surface area contributed by atoms with Crippen molar-refractivity contribution in [2.75, 3.05) is 5.73 Å². The molecule has 0 atom stereocenters. The van der Waals surface area contributed by atoms with Crippen molar-refractivity contribution >= 4 is 48.8 Å². The van der Waals surface area contributed by atoms with Gasteiger partial charge in [-0.25, -0.2) is 0 Å². The van der Waals surface area contributed by atoms with Crippen LogP contribution in [0.5, 0.6) is 0 Å². The molecule has 0 saturated heterocycles. The van der Waals surface area contributed by atoms with E-state index in [-0.39, 0.29) is 0 Å². The van der Waals surface area contributed by atoms with E-state index in [1.807, 2.05) is 12.1 Å². The molecule has 1 heteroatoms. The van der Waals surface area contributed by atoms with E-state index >= 15 is 0 Å². The van der Waals surface area contributed by atoms with E-state index in [0.717, 1.165) is 5.69 Å². The number of hydrogen-bond acceptors (Lipinski definition) is 1. The van der Waals surface area contributed by atoms with Crippen LogP contribution in [-0.4, -0.2) is 0 Å². The molecule has 1 nitrogen and oxygen atoms in total. The van der Waals surface area contributed by atoms with Crippen molar-refractivity contribution in [1.29, 1.82) is 0 Å². The molecule has 0 unspecified atom stereocenters. The average Bonchev–Trinajstić information content (AvgIpc) is 2.79. The van der Waals surface area contributed by atoms with E-state index in [1.54, 1.807) is 0 Å². The summed E-state index contributed by atoms with van der Waals surface area (Å²) in [6, 6.07) is 36.8. The summed E-state index contributed by atoms with van der Waals surface area (Å²) in [5, 5.41) is 10.4. The van der Waals surface area contributed by atoms with E-state index in [1.165, 1.54) is 54.2 Å². The van der Waals surface area contributed by atoms with E-state index in [2.05, 4.69) is 91.0 Å². The van der Waals surface area contributed by atoms with Crippen molar-refractivity contribution in [1.82, 2.24) is 0 Å². The number of benzene rings is 6. The normalized spacial score (nSPS) is 11.6. The zero-order valence-electron chi connectivity index (χ0n) is 15.9. The fourth-order valence-corrected chi connectivity index (χ4v) is 4.67. The molecular weight excluding hydrogens is 350 g/mol. The molecule has 0 saturated carbocycles. The third kappa shape index (κ3) is 2.34. The van der Waals surface area contributed by atoms with Crippen LogP contribution in [-0.2, 0) is 0 Å². The summed E-state index contributed by atoms with van der Waals surface area (Å²) in [6.45, 7) is 0. The lowest BCUT2D eigenvalue weighted by Crippen LogP contribution is -1.89. The summed E-state index contributed by atoms with van der Waals surface area (Å²) < 4.78 is 0. The highest BCUT2D eigenvalue weighted by atomic mass is 14.5. The van der Waals surface area contributed by atoms with Gasteiger partial charge in [0.2, 0.25) is 0 Å². The molecule has 0 spiro atoms. The SMILES string of the molecule is Nc1ccc(-c2cc3c4ccccc4c4ccccc4c3c3ccccc23)cc1. The second kappa shape index (κ2) is 6.08. The molecular formula is C28H19N. The van der Waals surface area contributed by atoms with Crippen molar-refractivity contribution in [3.8, 4) is 11.1 Å². The molecule has 6 aromatic rings. The van der Waals surface area contributed by atoms with Crippen LogP contribution in [0.4, 0.5) is 5.69 Å². The molecule has 6 rings (SSSR count). The Kier molecular flexibility index (Phi) is 3.39. The number of nitrogens with two attached hydrogens (primary N) is 1. The highest BCUT2D eigenvalue weighted by Crippen LogP contribution is 2.42. The quantitative estimate of drug-likeness (QED) is 0.235. The lowest BCUT2D eigenvalue weighted by molar-refractivity contribution is 1.66. The van der Waals surface area contributed by atoms with Crippen LogP contribution in [0.2, 0.25) is 0 Å². The number of nitrogen functional groups attached to an aromatic ring is 1. The first-order valence-corrected chi connectivity index (χ1v) is 9.92. The van der Waals surface area contributed by atoms with E-state index in [4.69, 9.17) is 5.73 Å². The first kappa shape index (κ1) is 16.1. The molecule has 6 aromatic carbocycles. The third-order valence-electron chi connectivity index (χ3n) is 5.97. The number of fused-ring (bicyclic) bond motifs is 8. The fraction of sp³-hybridized carbons (Fsp3) is 0. The zero-order valence-corrected chi connectivity index (χ0v) is 15.9. The Morgan fingerprint density at radius 3 is 1.48 bits per heavy atom. The lowest BCUT2D eigenvalue weighted by Gasteiger charge is -2.16. The molecule has 0 fully saturated rings. The summed E-state index contributed by atoms with van der Waals surface area (Å²) >= 11 is 0. The topological polar surface area (TPSA) is 26.0 Å². The van der Waals surface area contributed by atoms with E-state index in [0.29, 0.717) is 0 Å². The smallest absolute Gasteiger partial charge is 0.0314 e.